The molecule has 1 N–H and O–H groups in total. The summed E-state index contributed by atoms with van der Waals surface area (Å²) >= 11 is 0. The molecule has 0 fully saturated rings. The lowest BCUT2D eigenvalue weighted by atomic mass is 10.1. The second-order valence-corrected chi connectivity index (χ2v) is 7.14. The van der Waals surface area contributed by atoms with Gasteiger partial charge in [-0.05, 0) is 36.8 Å². The van der Waals surface area contributed by atoms with Crippen LogP contribution in [-0.2, 0) is 21.2 Å². The number of nitriles is 1. The summed E-state index contributed by atoms with van der Waals surface area (Å²) < 4.78 is 27.4. The molecule has 0 atom stereocenters. The van der Waals surface area contributed by atoms with Crippen molar-refractivity contribution >= 4 is 27.0 Å². The van der Waals surface area contributed by atoms with Gasteiger partial charge in [-0.15, -0.1) is 0 Å². The summed E-state index contributed by atoms with van der Waals surface area (Å²) in [6, 6.07) is 11.0. The number of hydrogen-bond donors (Lipinski definition) is 1. The summed E-state index contributed by atoms with van der Waals surface area (Å²) in [6.07, 6.45) is 1.12. The van der Waals surface area contributed by atoms with E-state index >= 15 is 0 Å². The average molecular weight is 355 g/mol. The molecule has 2 heterocycles. The maximum atomic E-state index is 13.2. The summed E-state index contributed by atoms with van der Waals surface area (Å²) in [5.41, 5.74) is 0.806. The van der Waals surface area contributed by atoms with Gasteiger partial charge in [0.2, 0.25) is 0 Å². The Bertz CT molecular complexity index is 1140. The molecule has 126 valence electrons. The molecule has 0 saturated heterocycles. The topological polar surface area (TPSA) is 113 Å². The monoisotopic (exact) mass is 355 g/mol. The minimum absolute atomic E-state index is 0.0134. The normalized spacial score (nSPS) is 11.4. The molecule has 0 aliphatic rings. The lowest BCUT2D eigenvalue weighted by Crippen LogP contribution is -2.16. The number of carboxylic acids is 1. The van der Waals surface area contributed by atoms with Gasteiger partial charge in [0.15, 0.2) is 5.65 Å². The molecular weight excluding hydrogens is 342 g/mol. The summed E-state index contributed by atoms with van der Waals surface area (Å²) in [4.78, 5) is 15.1. The second-order valence-electron chi connectivity index (χ2n) is 5.39. The summed E-state index contributed by atoms with van der Waals surface area (Å²) in [7, 11) is -4.12. The Hall–Kier alpha value is -3.18. The van der Waals surface area contributed by atoms with E-state index in [1.165, 1.54) is 31.3 Å². The van der Waals surface area contributed by atoms with Crippen LogP contribution in [0.4, 0.5) is 0 Å². The van der Waals surface area contributed by atoms with Crippen LogP contribution in [0.25, 0.3) is 11.0 Å². The Kier molecular flexibility index (Phi) is 4.02. The van der Waals surface area contributed by atoms with E-state index in [0.29, 0.717) is 10.9 Å². The van der Waals surface area contributed by atoms with Gasteiger partial charge in [0.25, 0.3) is 10.0 Å². The minimum Gasteiger partial charge on any atom is -0.481 e. The fourth-order valence-electron chi connectivity index (χ4n) is 2.82. The van der Waals surface area contributed by atoms with Crippen LogP contribution in [0, 0.1) is 18.3 Å². The quantitative estimate of drug-likeness (QED) is 0.766. The van der Waals surface area contributed by atoms with Gasteiger partial charge in [-0.1, -0.05) is 12.1 Å². The highest BCUT2D eigenvalue weighted by molar-refractivity contribution is 7.90. The zero-order valence-electron chi connectivity index (χ0n) is 13.2. The van der Waals surface area contributed by atoms with Crippen LogP contribution in [-0.4, -0.2) is 28.5 Å². The minimum atomic E-state index is -4.12. The molecule has 0 radical (unpaired) electrons. The first-order chi connectivity index (χ1) is 11.9. The van der Waals surface area contributed by atoms with Crippen LogP contribution >= 0.6 is 0 Å². The van der Waals surface area contributed by atoms with Gasteiger partial charge in [0, 0.05) is 17.3 Å². The van der Waals surface area contributed by atoms with Crippen molar-refractivity contribution in [1.82, 2.24) is 8.96 Å². The lowest BCUT2D eigenvalue weighted by Gasteiger charge is -2.10. The van der Waals surface area contributed by atoms with Gasteiger partial charge in [-0.2, -0.15) is 5.26 Å². The van der Waals surface area contributed by atoms with E-state index in [-0.39, 0.29) is 28.2 Å². The van der Waals surface area contributed by atoms with Gasteiger partial charge in [0.1, 0.15) is 11.0 Å². The first-order valence-electron chi connectivity index (χ1n) is 7.29. The molecule has 3 rings (SSSR count). The number of aliphatic carboxylic acids is 1. The Balaban J connectivity index is 2.38. The Labute approximate surface area is 143 Å². The van der Waals surface area contributed by atoms with Crippen molar-refractivity contribution in [3.05, 3.63) is 59.4 Å². The maximum Gasteiger partial charge on any atom is 0.307 e. The van der Waals surface area contributed by atoms with E-state index in [9.17, 15) is 18.5 Å². The molecule has 0 aliphatic heterocycles. The largest absolute Gasteiger partial charge is 0.481 e. The predicted octanol–water partition coefficient (Wildman–Crippen LogP) is 2.08. The van der Waals surface area contributed by atoms with Crippen LogP contribution in [0.1, 0.15) is 16.8 Å². The van der Waals surface area contributed by atoms with E-state index in [4.69, 9.17) is 5.11 Å². The number of hydrogen-bond acceptors (Lipinski definition) is 5. The third kappa shape index (κ3) is 2.64. The third-order valence-electron chi connectivity index (χ3n) is 3.90. The van der Waals surface area contributed by atoms with Gasteiger partial charge in [-0.3, -0.25) is 4.79 Å². The number of aromatic nitrogens is 2. The van der Waals surface area contributed by atoms with E-state index in [0.717, 1.165) is 3.97 Å². The molecule has 0 unspecified atom stereocenters. The standard InChI is InChI=1S/C17H13N3O4S/c1-11-14(9-16(21)22)13-6-4-8-19-17(13)20(11)25(23,24)15-7-3-2-5-12(15)10-18/h2-8H,9H2,1H3,(H,21,22). The van der Waals surface area contributed by atoms with Crippen molar-refractivity contribution in [3.63, 3.8) is 0 Å². The van der Waals surface area contributed by atoms with Gasteiger partial charge >= 0.3 is 5.97 Å². The molecular formula is C17H13N3O4S. The zero-order chi connectivity index (χ0) is 18.2. The molecule has 0 aliphatic carbocycles. The number of carboxylic acid groups (broad SMARTS) is 1. The average Bonchev–Trinajstić information content (AvgIpc) is 2.87. The lowest BCUT2D eigenvalue weighted by molar-refractivity contribution is -0.136. The fourth-order valence-corrected chi connectivity index (χ4v) is 4.50. The SMILES string of the molecule is Cc1c(CC(=O)O)c2cccnc2n1S(=O)(=O)c1ccccc1C#N. The molecule has 0 saturated carbocycles. The summed E-state index contributed by atoms with van der Waals surface area (Å²) in [5.74, 6) is -1.07. The number of rotatable bonds is 4. The predicted molar refractivity (Wildman–Crippen MR) is 89.6 cm³/mol. The van der Waals surface area contributed by atoms with Gasteiger partial charge < -0.3 is 5.11 Å². The van der Waals surface area contributed by atoms with E-state index < -0.39 is 16.0 Å². The second kappa shape index (κ2) is 6.03. The van der Waals surface area contributed by atoms with E-state index in [1.54, 1.807) is 18.2 Å². The molecule has 8 heteroatoms. The zero-order valence-corrected chi connectivity index (χ0v) is 14.0. The Morgan fingerprint density at radius 2 is 2.00 bits per heavy atom. The molecule has 1 aromatic carbocycles. The van der Waals surface area contributed by atoms with Crippen LogP contribution in [0.5, 0.6) is 0 Å². The molecule has 25 heavy (non-hydrogen) atoms. The number of nitrogens with zero attached hydrogens (tertiary/aromatic N) is 3. The number of fused-ring (bicyclic) bond motifs is 1. The number of benzene rings is 1. The van der Waals surface area contributed by atoms with Crippen LogP contribution in [0.15, 0.2) is 47.5 Å². The first kappa shape index (κ1) is 16.7. The molecule has 0 bridgehead atoms. The molecule has 3 aromatic rings. The third-order valence-corrected chi connectivity index (χ3v) is 5.74. The Morgan fingerprint density at radius 3 is 2.68 bits per heavy atom. The Morgan fingerprint density at radius 1 is 1.28 bits per heavy atom. The van der Waals surface area contributed by atoms with Crippen molar-refractivity contribution in [2.24, 2.45) is 0 Å². The number of carbonyl (C=O) groups is 1. The molecule has 2 aromatic heterocycles. The van der Waals surface area contributed by atoms with Crippen LogP contribution in [0.2, 0.25) is 0 Å². The smallest absolute Gasteiger partial charge is 0.307 e. The van der Waals surface area contributed by atoms with Crippen molar-refractivity contribution in [1.29, 1.82) is 5.26 Å². The molecule has 0 spiro atoms. The molecule has 7 nitrogen and oxygen atoms in total. The van der Waals surface area contributed by atoms with Crippen molar-refractivity contribution in [2.75, 3.05) is 0 Å². The fraction of sp³-hybridized carbons (Fsp3) is 0.118. The van der Waals surface area contributed by atoms with Crippen molar-refractivity contribution in [2.45, 2.75) is 18.2 Å². The van der Waals surface area contributed by atoms with E-state index in [2.05, 4.69) is 4.98 Å². The summed E-state index contributed by atoms with van der Waals surface area (Å²) in [6.45, 7) is 1.53. The highest BCUT2D eigenvalue weighted by Crippen LogP contribution is 2.30. The molecule has 0 amide bonds. The van der Waals surface area contributed by atoms with Crippen molar-refractivity contribution < 1.29 is 18.3 Å². The van der Waals surface area contributed by atoms with Gasteiger partial charge in [0.05, 0.1) is 12.0 Å². The van der Waals surface area contributed by atoms with Crippen LogP contribution < -0.4 is 0 Å². The highest BCUT2D eigenvalue weighted by atomic mass is 32.2. The first-order valence-corrected chi connectivity index (χ1v) is 8.73. The van der Waals surface area contributed by atoms with E-state index in [1.807, 2.05) is 6.07 Å². The van der Waals surface area contributed by atoms with Crippen molar-refractivity contribution in [3.8, 4) is 6.07 Å². The van der Waals surface area contributed by atoms with Crippen LogP contribution in [0.3, 0.4) is 0 Å². The van der Waals surface area contributed by atoms with Gasteiger partial charge in [-0.25, -0.2) is 17.4 Å². The maximum absolute atomic E-state index is 13.2. The highest BCUT2D eigenvalue weighted by Gasteiger charge is 2.28. The number of pyridine rings is 1. The summed E-state index contributed by atoms with van der Waals surface area (Å²) in [5, 5.41) is 18.8.